The Morgan fingerprint density at radius 1 is 1.09 bits per heavy atom. The number of halogens is 1. The van der Waals surface area contributed by atoms with E-state index >= 15 is 0 Å². The van der Waals surface area contributed by atoms with Gasteiger partial charge in [0.05, 0.1) is 19.1 Å². The molecule has 2 aromatic rings. The lowest BCUT2D eigenvalue weighted by Crippen LogP contribution is -2.42. The Morgan fingerprint density at radius 2 is 1.78 bits per heavy atom. The lowest BCUT2D eigenvalue weighted by molar-refractivity contribution is -0.149. The Balaban J connectivity index is 2.17. The molecule has 174 valence electrons. The maximum absolute atomic E-state index is 13.5. The SMILES string of the molecule is CCOC(=O)[C@@H](CO)C[C@@H](Cc1ccc(-c2cccc(F)c2)cc1)NC(=O)OC(C)(C)C. The van der Waals surface area contributed by atoms with E-state index in [9.17, 15) is 19.1 Å². The Kier molecular flexibility index (Phi) is 9.20. The van der Waals surface area contributed by atoms with Crippen LogP contribution in [0, 0.1) is 11.7 Å². The van der Waals surface area contributed by atoms with E-state index in [1.165, 1.54) is 12.1 Å². The number of benzene rings is 2. The van der Waals surface area contributed by atoms with E-state index in [1.807, 2.05) is 30.3 Å². The molecule has 0 fully saturated rings. The number of carbonyl (C=O) groups excluding carboxylic acids is 2. The fourth-order valence-electron chi connectivity index (χ4n) is 3.30. The zero-order valence-electron chi connectivity index (χ0n) is 19.1. The van der Waals surface area contributed by atoms with Crippen LogP contribution >= 0.6 is 0 Å². The van der Waals surface area contributed by atoms with Gasteiger partial charge in [-0.15, -0.1) is 0 Å². The molecule has 2 aromatic carbocycles. The molecule has 6 nitrogen and oxygen atoms in total. The molecule has 0 radical (unpaired) electrons. The lowest BCUT2D eigenvalue weighted by atomic mass is 9.94. The number of carbonyl (C=O) groups is 2. The molecule has 0 unspecified atom stereocenters. The number of hydrogen-bond donors (Lipinski definition) is 2. The van der Waals surface area contributed by atoms with Crippen molar-refractivity contribution in [2.24, 2.45) is 5.92 Å². The summed E-state index contributed by atoms with van der Waals surface area (Å²) in [7, 11) is 0. The maximum atomic E-state index is 13.5. The number of aliphatic hydroxyl groups is 1. The van der Waals surface area contributed by atoms with Crippen LogP contribution in [0.2, 0.25) is 0 Å². The zero-order valence-corrected chi connectivity index (χ0v) is 19.1. The Morgan fingerprint density at radius 3 is 2.34 bits per heavy atom. The molecule has 0 saturated carbocycles. The maximum Gasteiger partial charge on any atom is 0.407 e. The second-order valence-corrected chi connectivity index (χ2v) is 8.62. The third-order valence-electron chi connectivity index (χ3n) is 4.72. The van der Waals surface area contributed by atoms with Crippen LogP contribution < -0.4 is 5.32 Å². The highest BCUT2D eigenvalue weighted by Gasteiger charge is 2.26. The minimum atomic E-state index is -0.763. The van der Waals surface area contributed by atoms with Gasteiger partial charge >= 0.3 is 12.1 Å². The first kappa shape index (κ1) is 25.3. The second kappa shape index (κ2) is 11.6. The average molecular weight is 446 g/mol. The Hall–Kier alpha value is -2.93. The number of rotatable bonds is 9. The van der Waals surface area contributed by atoms with Crippen molar-refractivity contribution in [3.63, 3.8) is 0 Å². The van der Waals surface area contributed by atoms with Crippen LogP contribution in [0.5, 0.6) is 0 Å². The highest BCUT2D eigenvalue weighted by Crippen LogP contribution is 2.22. The standard InChI is InChI=1S/C25H32FNO5/c1-5-31-23(29)20(16-28)15-22(27-24(30)32-25(2,3)4)13-17-9-11-18(12-10-17)19-7-6-8-21(26)14-19/h6-12,14,20,22,28H,5,13,15-16H2,1-4H3,(H,27,30)/t20-,22-/m1/s1. The van der Waals surface area contributed by atoms with Gasteiger partial charge in [-0.1, -0.05) is 36.4 Å². The molecule has 0 heterocycles. The molecule has 0 bridgehead atoms. The van der Waals surface area contributed by atoms with Crippen molar-refractivity contribution in [2.45, 2.75) is 52.2 Å². The van der Waals surface area contributed by atoms with Gasteiger partial charge in [-0.05, 0) is 69.4 Å². The highest BCUT2D eigenvalue weighted by atomic mass is 19.1. The number of aliphatic hydroxyl groups excluding tert-OH is 1. The second-order valence-electron chi connectivity index (χ2n) is 8.62. The Labute approximate surface area is 188 Å². The van der Waals surface area contributed by atoms with E-state index in [0.717, 1.165) is 16.7 Å². The van der Waals surface area contributed by atoms with E-state index in [4.69, 9.17) is 9.47 Å². The zero-order chi connectivity index (χ0) is 23.7. The van der Waals surface area contributed by atoms with Crippen LogP contribution in [0.15, 0.2) is 48.5 Å². The molecular weight excluding hydrogens is 413 g/mol. The minimum Gasteiger partial charge on any atom is -0.466 e. The first-order valence-electron chi connectivity index (χ1n) is 10.7. The molecule has 1 amide bonds. The predicted octanol–water partition coefficient (Wildman–Crippen LogP) is 4.49. The topological polar surface area (TPSA) is 84.9 Å². The van der Waals surface area contributed by atoms with Crippen molar-refractivity contribution in [1.82, 2.24) is 5.32 Å². The van der Waals surface area contributed by atoms with Crippen molar-refractivity contribution in [2.75, 3.05) is 13.2 Å². The van der Waals surface area contributed by atoms with Crippen molar-refractivity contribution >= 4 is 12.1 Å². The normalized spacial score (nSPS) is 13.2. The summed E-state index contributed by atoms with van der Waals surface area (Å²) in [5.74, 6) is -1.57. The van der Waals surface area contributed by atoms with Gasteiger partial charge in [-0.2, -0.15) is 0 Å². The largest absolute Gasteiger partial charge is 0.466 e. The number of ether oxygens (including phenoxy) is 2. The van der Waals surface area contributed by atoms with Crippen molar-refractivity contribution in [3.8, 4) is 11.1 Å². The molecule has 7 heteroatoms. The lowest BCUT2D eigenvalue weighted by Gasteiger charge is -2.25. The molecule has 0 aliphatic heterocycles. The van der Waals surface area contributed by atoms with Crippen LogP contribution in [-0.2, 0) is 20.7 Å². The average Bonchev–Trinajstić information content (AvgIpc) is 2.71. The number of esters is 1. The molecule has 0 spiro atoms. The monoisotopic (exact) mass is 445 g/mol. The van der Waals surface area contributed by atoms with Gasteiger partial charge in [-0.25, -0.2) is 9.18 Å². The van der Waals surface area contributed by atoms with E-state index < -0.39 is 29.6 Å². The molecule has 2 N–H and O–H groups in total. The van der Waals surface area contributed by atoms with Gasteiger partial charge in [0.25, 0.3) is 0 Å². The van der Waals surface area contributed by atoms with Crippen molar-refractivity contribution < 1.29 is 28.6 Å². The molecule has 32 heavy (non-hydrogen) atoms. The molecular formula is C25H32FNO5. The molecule has 0 aliphatic carbocycles. The summed E-state index contributed by atoms with van der Waals surface area (Å²) in [5.41, 5.74) is 1.87. The summed E-state index contributed by atoms with van der Waals surface area (Å²) in [6.45, 7) is 6.82. The van der Waals surface area contributed by atoms with E-state index in [-0.39, 0.29) is 25.5 Å². The summed E-state index contributed by atoms with van der Waals surface area (Å²) in [6.07, 6.45) is 0.0122. The van der Waals surface area contributed by atoms with E-state index in [0.29, 0.717) is 6.42 Å². The minimum absolute atomic E-state index is 0.195. The number of alkyl carbamates (subject to hydrolysis) is 1. The van der Waals surface area contributed by atoms with Gasteiger partial charge in [0.15, 0.2) is 0 Å². The first-order valence-corrected chi connectivity index (χ1v) is 10.7. The van der Waals surface area contributed by atoms with Crippen LogP contribution in [0.25, 0.3) is 11.1 Å². The molecule has 0 aliphatic rings. The summed E-state index contributed by atoms with van der Waals surface area (Å²) < 4.78 is 23.9. The van der Waals surface area contributed by atoms with Crippen LogP contribution in [0.4, 0.5) is 9.18 Å². The quantitative estimate of drug-likeness (QED) is 0.556. The molecule has 2 atom stereocenters. The molecule has 0 saturated heterocycles. The predicted molar refractivity (Wildman–Crippen MR) is 121 cm³/mol. The number of nitrogens with one attached hydrogen (secondary N) is 1. The smallest absolute Gasteiger partial charge is 0.407 e. The molecule has 0 aromatic heterocycles. The van der Waals surface area contributed by atoms with Gasteiger partial charge in [0, 0.05) is 6.04 Å². The number of amides is 1. The summed E-state index contributed by atoms with van der Waals surface area (Å²) >= 11 is 0. The third kappa shape index (κ3) is 8.30. The summed E-state index contributed by atoms with van der Waals surface area (Å²) in [5, 5.41) is 12.5. The van der Waals surface area contributed by atoms with Crippen LogP contribution in [0.3, 0.4) is 0 Å². The fourth-order valence-corrected chi connectivity index (χ4v) is 3.30. The summed E-state index contributed by atoms with van der Waals surface area (Å²) in [6, 6.07) is 13.4. The third-order valence-corrected chi connectivity index (χ3v) is 4.72. The van der Waals surface area contributed by atoms with E-state index in [1.54, 1.807) is 33.8 Å². The van der Waals surface area contributed by atoms with Gasteiger partial charge in [-0.3, -0.25) is 4.79 Å². The number of hydrogen-bond acceptors (Lipinski definition) is 5. The van der Waals surface area contributed by atoms with Gasteiger partial charge in [0.2, 0.25) is 0 Å². The van der Waals surface area contributed by atoms with Gasteiger partial charge in [0.1, 0.15) is 11.4 Å². The first-order chi connectivity index (χ1) is 15.1. The summed E-state index contributed by atoms with van der Waals surface area (Å²) in [4.78, 5) is 24.5. The van der Waals surface area contributed by atoms with Crippen LogP contribution in [0.1, 0.15) is 39.7 Å². The molecule has 2 rings (SSSR count). The Bertz CT molecular complexity index is 892. The van der Waals surface area contributed by atoms with E-state index in [2.05, 4.69) is 5.32 Å². The highest BCUT2D eigenvalue weighted by molar-refractivity contribution is 5.73. The fraction of sp³-hybridized carbons (Fsp3) is 0.440. The van der Waals surface area contributed by atoms with Crippen LogP contribution in [-0.4, -0.2) is 42.0 Å². The van der Waals surface area contributed by atoms with Crippen molar-refractivity contribution in [3.05, 3.63) is 59.9 Å². The van der Waals surface area contributed by atoms with Crippen molar-refractivity contribution in [1.29, 1.82) is 0 Å². The van der Waals surface area contributed by atoms with Gasteiger partial charge < -0.3 is 19.9 Å².